The van der Waals surface area contributed by atoms with E-state index in [1.54, 1.807) is 14.2 Å². The van der Waals surface area contributed by atoms with E-state index >= 15 is 0 Å². The first-order chi connectivity index (χ1) is 14.1. The minimum atomic E-state index is -4.29. The van der Waals surface area contributed by atoms with Crippen LogP contribution in [0.15, 0.2) is 42.5 Å². The molecule has 0 radical (unpaired) electrons. The van der Waals surface area contributed by atoms with Crippen LogP contribution in [0, 0.1) is 0 Å². The van der Waals surface area contributed by atoms with Crippen molar-refractivity contribution in [1.82, 2.24) is 5.32 Å². The Hall–Kier alpha value is -3.27. The van der Waals surface area contributed by atoms with Crippen LogP contribution < -0.4 is 14.8 Å². The minimum absolute atomic E-state index is 0.519. The molecule has 0 spiro atoms. The smallest absolute Gasteiger partial charge is 0.416 e. The van der Waals surface area contributed by atoms with Crippen molar-refractivity contribution in [3.05, 3.63) is 59.2 Å². The Kier molecular flexibility index (Phi) is 9.63. The zero-order chi connectivity index (χ0) is 22.7. The van der Waals surface area contributed by atoms with Gasteiger partial charge in [-0.2, -0.15) is 13.2 Å². The highest BCUT2D eigenvalue weighted by atomic mass is 19.4. The number of methoxy groups -OCH3 is 2. The molecular weight excluding hydrogens is 407 g/mol. The molecule has 2 aromatic rings. The van der Waals surface area contributed by atoms with Gasteiger partial charge in [-0.15, -0.1) is 0 Å². The van der Waals surface area contributed by atoms with Gasteiger partial charge in [0, 0.05) is 6.54 Å². The maximum absolute atomic E-state index is 12.5. The number of alkyl halides is 3. The SMILES string of the molecule is COc1ccc(CCNCc2ccc(C(F)(F)F)cc2)cc1OC.O=C(O)C(=O)O. The molecule has 0 aromatic heterocycles. The summed E-state index contributed by atoms with van der Waals surface area (Å²) in [5, 5.41) is 18.0. The molecule has 0 aliphatic rings. The Bertz CT molecular complexity index is 825. The number of ether oxygens (including phenoxy) is 2. The van der Waals surface area contributed by atoms with Gasteiger partial charge in [-0.05, 0) is 48.4 Å². The summed E-state index contributed by atoms with van der Waals surface area (Å²) in [6.45, 7) is 1.22. The molecule has 30 heavy (non-hydrogen) atoms. The van der Waals surface area contributed by atoms with Crippen LogP contribution in [0.2, 0.25) is 0 Å². The Balaban J connectivity index is 0.000000656. The summed E-state index contributed by atoms with van der Waals surface area (Å²) in [7, 11) is 3.17. The lowest BCUT2D eigenvalue weighted by molar-refractivity contribution is -0.159. The molecule has 10 heteroatoms. The molecule has 7 nitrogen and oxygen atoms in total. The van der Waals surface area contributed by atoms with Crippen LogP contribution in [0.1, 0.15) is 16.7 Å². The lowest BCUT2D eigenvalue weighted by Gasteiger charge is -2.10. The number of rotatable bonds is 7. The van der Waals surface area contributed by atoms with E-state index in [9.17, 15) is 13.2 Å². The summed E-state index contributed by atoms with van der Waals surface area (Å²) in [5.74, 6) is -2.29. The summed E-state index contributed by atoms with van der Waals surface area (Å²) in [6.07, 6.45) is -3.51. The van der Waals surface area contributed by atoms with Crippen molar-refractivity contribution in [3.63, 3.8) is 0 Å². The molecule has 0 fully saturated rings. The number of carboxylic acids is 2. The van der Waals surface area contributed by atoms with E-state index in [4.69, 9.17) is 29.3 Å². The minimum Gasteiger partial charge on any atom is -0.493 e. The van der Waals surface area contributed by atoms with Gasteiger partial charge in [0.1, 0.15) is 0 Å². The third kappa shape index (κ3) is 8.39. The summed E-state index contributed by atoms with van der Waals surface area (Å²) in [6, 6.07) is 10.9. The average molecular weight is 429 g/mol. The van der Waals surface area contributed by atoms with E-state index in [0.717, 1.165) is 29.7 Å². The Morgan fingerprint density at radius 1 is 0.900 bits per heavy atom. The van der Waals surface area contributed by atoms with E-state index in [2.05, 4.69) is 5.32 Å². The van der Waals surface area contributed by atoms with Crippen LogP contribution in [0.5, 0.6) is 11.5 Å². The van der Waals surface area contributed by atoms with Crippen molar-refractivity contribution >= 4 is 11.9 Å². The number of aliphatic carboxylic acids is 2. The van der Waals surface area contributed by atoms with Gasteiger partial charge in [-0.3, -0.25) is 0 Å². The topological polar surface area (TPSA) is 105 Å². The van der Waals surface area contributed by atoms with Gasteiger partial charge in [0.25, 0.3) is 0 Å². The van der Waals surface area contributed by atoms with Crippen molar-refractivity contribution in [1.29, 1.82) is 0 Å². The highest BCUT2D eigenvalue weighted by Gasteiger charge is 2.29. The van der Waals surface area contributed by atoms with Crippen LogP contribution in [-0.2, 0) is 28.7 Å². The van der Waals surface area contributed by atoms with E-state index in [1.807, 2.05) is 18.2 Å². The van der Waals surface area contributed by atoms with Gasteiger partial charge < -0.3 is 25.0 Å². The zero-order valence-corrected chi connectivity index (χ0v) is 16.3. The van der Waals surface area contributed by atoms with Gasteiger partial charge in [-0.25, -0.2) is 9.59 Å². The highest BCUT2D eigenvalue weighted by Crippen LogP contribution is 2.29. The third-order valence-electron chi connectivity index (χ3n) is 3.83. The predicted molar refractivity (Wildman–Crippen MR) is 102 cm³/mol. The van der Waals surface area contributed by atoms with E-state index in [0.29, 0.717) is 24.6 Å². The fraction of sp³-hybridized carbons (Fsp3) is 0.300. The van der Waals surface area contributed by atoms with E-state index < -0.39 is 23.7 Å². The molecule has 3 N–H and O–H groups in total. The molecule has 0 saturated carbocycles. The number of carboxylic acid groups (broad SMARTS) is 2. The maximum Gasteiger partial charge on any atom is 0.416 e. The van der Waals surface area contributed by atoms with Crippen molar-refractivity contribution in [2.45, 2.75) is 19.1 Å². The van der Waals surface area contributed by atoms with Crippen LogP contribution in [0.25, 0.3) is 0 Å². The molecule has 2 rings (SSSR count). The van der Waals surface area contributed by atoms with Gasteiger partial charge in [0.05, 0.1) is 19.8 Å². The quantitative estimate of drug-likeness (QED) is 0.459. The van der Waals surface area contributed by atoms with Crippen molar-refractivity contribution in [2.24, 2.45) is 0 Å². The third-order valence-corrected chi connectivity index (χ3v) is 3.83. The number of hydrogen-bond acceptors (Lipinski definition) is 5. The summed E-state index contributed by atoms with van der Waals surface area (Å²) in [4.78, 5) is 18.2. The summed E-state index contributed by atoms with van der Waals surface area (Å²) in [5.41, 5.74) is 1.28. The largest absolute Gasteiger partial charge is 0.493 e. The summed E-state index contributed by atoms with van der Waals surface area (Å²) < 4.78 is 47.9. The fourth-order valence-electron chi connectivity index (χ4n) is 2.31. The van der Waals surface area contributed by atoms with Gasteiger partial charge in [-0.1, -0.05) is 18.2 Å². The molecule has 0 saturated heterocycles. The monoisotopic (exact) mass is 429 g/mol. The molecule has 0 bridgehead atoms. The molecule has 164 valence electrons. The van der Waals surface area contributed by atoms with Crippen LogP contribution >= 0.6 is 0 Å². The molecule has 0 atom stereocenters. The molecule has 2 aromatic carbocycles. The maximum atomic E-state index is 12.5. The van der Waals surface area contributed by atoms with Crippen molar-refractivity contribution in [2.75, 3.05) is 20.8 Å². The standard InChI is InChI=1S/C18H20F3NO2.C2H2O4/c1-23-16-8-5-13(11-17(16)24-2)9-10-22-12-14-3-6-15(7-4-14)18(19,20)21;3-1(4)2(5)6/h3-8,11,22H,9-10,12H2,1-2H3;(H,3,4)(H,5,6). The molecule has 0 amide bonds. The Morgan fingerprint density at radius 2 is 1.43 bits per heavy atom. The fourth-order valence-corrected chi connectivity index (χ4v) is 2.31. The van der Waals surface area contributed by atoms with Gasteiger partial charge >= 0.3 is 18.1 Å². The zero-order valence-electron chi connectivity index (χ0n) is 16.3. The second kappa shape index (κ2) is 11.7. The molecule has 0 aliphatic heterocycles. The second-order valence-corrected chi connectivity index (χ2v) is 5.92. The summed E-state index contributed by atoms with van der Waals surface area (Å²) >= 11 is 0. The highest BCUT2D eigenvalue weighted by molar-refractivity contribution is 6.27. The Morgan fingerprint density at radius 3 is 1.90 bits per heavy atom. The predicted octanol–water partition coefficient (Wildman–Crippen LogP) is 3.21. The molecular formula is C20H22F3NO6. The lowest BCUT2D eigenvalue weighted by Crippen LogP contribution is -2.17. The van der Waals surface area contributed by atoms with E-state index in [1.165, 1.54) is 12.1 Å². The molecule has 0 aliphatic carbocycles. The van der Waals surface area contributed by atoms with Crippen molar-refractivity contribution < 1.29 is 42.4 Å². The van der Waals surface area contributed by atoms with Crippen LogP contribution in [0.3, 0.4) is 0 Å². The van der Waals surface area contributed by atoms with Gasteiger partial charge in [0.2, 0.25) is 0 Å². The second-order valence-electron chi connectivity index (χ2n) is 5.92. The number of benzene rings is 2. The number of hydrogen-bond donors (Lipinski definition) is 3. The molecule has 0 unspecified atom stereocenters. The first-order valence-electron chi connectivity index (χ1n) is 8.62. The number of nitrogens with one attached hydrogen (secondary N) is 1. The Labute approximate surface area is 171 Å². The van der Waals surface area contributed by atoms with Gasteiger partial charge in [0.15, 0.2) is 11.5 Å². The number of halogens is 3. The number of carbonyl (C=O) groups is 2. The lowest BCUT2D eigenvalue weighted by atomic mass is 10.1. The normalized spacial score (nSPS) is 10.6. The molecule has 0 heterocycles. The van der Waals surface area contributed by atoms with Crippen molar-refractivity contribution in [3.8, 4) is 11.5 Å². The van der Waals surface area contributed by atoms with E-state index in [-0.39, 0.29) is 0 Å². The average Bonchev–Trinajstić information content (AvgIpc) is 2.71. The first-order valence-corrected chi connectivity index (χ1v) is 8.62. The first kappa shape index (κ1) is 24.8. The van der Waals surface area contributed by atoms with Crippen LogP contribution in [0.4, 0.5) is 13.2 Å². The van der Waals surface area contributed by atoms with Crippen LogP contribution in [-0.4, -0.2) is 42.9 Å².